The molecular formula is C35H32N4O2. The fraction of sp³-hybridized carbons (Fsp3) is 0.171. The third-order valence-corrected chi connectivity index (χ3v) is 7.68. The van der Waals surface area contributed by atoms with Gasteiger partial charge in [0, 0.05) is 35.9 Å². The first-order valence-electron chi connectivity index (χ1n) is 13.9. The van der Waals surface area contributed by atoms with Crippen molar-refractivity contribution in [3.05, 3.63) is 143 Å². The highest BCUT2D eigenvalue weighted by Crippen LogP contribution is 2.32. The molecule has 0 radical (unpaired) electrons. The zero-order valence-corrected chi connectivity index (χ0v) is 23.2. The Morgan fingerprint density at radius 2 is 1.63 bits per heavy atom. The van der Waals surface area contributed by atoms with Crippen molar-refractivity contribution in [2.75, 3.05) is 4.90 Å². The van der Waals surface area contributed by atoms with Gasteiger partial charge in [0.1, 0.15) is 5.69 Å². The Balaban J connectivity index is 1.28. The van der Waals surface area contributed by atoms with Crippen LogP contribution in [0.2, 0.25) is 0 Å². The standard InChI is InChI=1S/C35H32N4O2/c1-24(2)30-10-4-5-11-31(30)26-13-15-27(16-14-26)35(41)39-23-29-17-18-33(34(40)37-21-25-8-7-19-36-20-25)38(29)22-28-9-3-6-12-32(28)39/h3-20,24H,21-23H2,1-2H3,(H,37,40). The number of benzene rings is 3. The van der Waals surface area contributed by atoms with Gasteiger partial charge in [0.2, 0.25) is 0 Å². The van der Waals surface area contributed by atoms with Gasteiger partial charge >= 0.3 is 0 Å². The predicted molar refractivity (Wildman–Crippen MR) is 162 cm³/mol. The van der Waals surface area contributed by atoms with E-state index in [-0.39, 0.29) is 11.8 Å². The number of fused-ring (bicyclic) bond motifs is 2. The highest BCUT2D eigenvalue weighted by atomic mass is 16.2. The van der Waals surface area contributed by atoms with E-state index in [9.17, 15) is 9.59 Å². The van der Waals surface area contributed by atoms with Crippen LogP contribution in [0.3, 0.4) is 0 Å². The first kappa shape index (κ1) is 26.3. The number of rotatable bonds is 6. The van der Waals surface area contributed by atoms with Crippen molar-refractivity contribution in [2.45, 2.75) is 39.4 Å². The van der Waals surface area contributed by atoms with Crippen LogP contribution in [-0.2, 0) is 19.6 Å². The number of carbonyl (C=O) groups is 2. The molecule has 0 fully saturated rings. The molecule has 0 atom stereocenters. The van der Waals surface area contributed by atoms with Gasteiger partial charge in [-0.25, -0.2) is 0 Å². The Morgan fingerprint density at radius 3 is 2.41 bits per heavy atom. The molecular weight excluding hydrogens is 508 g/mol. The van der Waals surface area contributed by atoms with E-state index in [1.165, 1.54) is 11.1 Å². The van der Waals surface area contributed by atoms with Crippen molar-refractivity contribution >= 4 is 17.5 Å². The minimum atomic E-state index is -0.158. The van der Waals surface area contributed by atoms with Crippen molar-refractivity contribution in [1.29, 1.82) is 0 Å². The van der Waals surface area contributed by atoms with Crippen LogP contribution in [-0.4, -0.2) is 21.4 Å². The fourth-order valence-corrected chi connectivity index (χ4v) is 5.53. The van der Waals surface area contributed by atoms with Gasteiger partial charge < -0.3 is 14.8 Å². The largest absolute Gasteiger partial charge is 0.347 e. The van der Waals surface area contributed by atoms with E-state index in [0.717, 1.165) is 28.1 Å². The van der Waals surface area contributed by atoms with Crippen molar-refractivity contribution in [3.8, 4) is 11.1 Å². The third-order valence-electron chi connectivity index (χ3n) is 7.68. The Labute approximate surface area is 240 Å². The normalized spacial score (nSPS) is 12.4. The van der Waals surface area contributed by atoms with Crippen LogP contribution >= 0.6 is 0 Å². The van der Waals surface area contributed by atoms with Crippen molar-refractivity contribution in [2.24, 2.45) is 0 Å². The second-order valence-corrected chi connectivity index (χ2v) is 10.7. The summed E-state index contributed by atoms with van der Waals surface area (Å²) in [5.41, 5.74) is 8.45. The van der Waals surface area contributed by atoms with Gasteiger partial charge in [0.15, 0.2) is 0 Å². The lowest BCUT2D eigenvalue weighted by Crippen LogP contribution is -2.30. The van der Waals surface area contributed by atoms with E-state index in [1.807, 2.05) is 82.3 Å². The Kier molecular flexibility index (Phi) is 7.21. The number of carbonyl (C=O) groups excluding carboxylic acids is 2. The number of hydrogen-bond acceptors (Lipinski definition) is 3. The van der Waals surface area contributed by atoms with Gasteiger partial charge in [-0.05, 0) is 70.1 Å². The topological polar surface area (TPSA) is 67.2 Å². The van der Waals surface area contributed by atoms with Gasteiger partial charge in [0.05, 0.1) is 13.1 Å². The average molecular weight is 541 g/mol. The molecule has 0 bridgehead atoms. The van der Waals surface area contributed by atoms with E-state index in [0.29, 0.717) is 36.8 Å². The van der Waals surface area contributed by atoms with E-state index in [2.05, 4.69) is 48.4 Å². The molecule has 0 aliphatic carbocycles. The molecule has 0 unspecified atom stereocenters. The molecule has 0 saturated carbocycles. The van der Waals surface area contributed by atoms with Crippen LogP contribution in [0.4, 0.5) is 5.69 Å². The maximum absolute atomic E-state index is 14.0. The van der Waals surface area contributed by atoms with E-state index >= 15 is 0 Å². The van der Waals surface area contributed by atoms with Gasteiger partial charge in [-0.3, -0.25) is 14.6 Å². The molecule has 6 rings (SSSR count). The van der Waals surface area contributed by atoms with E-state index in [1.54, 1.807) is 12.4 Å². The molecule has 0 saturated heterocycles. The SMILES string of the molecule is CC(C)c1ccccc1-c1ccc(C(=O)N2Cc3ccc(C(=O)NCc4cccnc4)n3Cc3ccccc32)cc1. The lowest BCUT2D eigenvalue weighted by molar-refractivity contribution is 0.0941. The molecule has 41 heavy (non-hydrogen) atoms. The summed E-state index contributed by atoms with van der Waals surface area (Å²) in [5.74, 6) is 0.174. The van der Waals surface area contributed by atoms with Gasteiger partial charge in [0.25, 0.3) is 11.8 Å². The summed E-state index contributed by atoms with van der Waals surface area (Å²) in [7, 11) is 0. The summed E-state index contributed by atoms with van der Waals surface area (Å²) < 4.78 is 2.01. The van der Waals surface area contributed by atoms with Crippen molar-refractivity contribution in [1.82, 2.24) is 14.9 Å². The van der Waals surface area contributed by atoms with Crippen LogP contribution in [0, 0.1) is 0 Å². The van der Waals surface area contributed by atoms with E-state index < -0.39 is 0 Å². The summed E-state index contributed by atoms with van der Waals surface area (Å²) in [6.07, 6.45) is 3.46. The second kappa shape index (κ2) is 11.3. The highest BCUT2D eigenvalue weighted by molar-refractivity contribution is 6.07. The van der Waals surface area contributed by atoms with Gasteiger partial charge in [-0.1, -0.05) is 74.5 Å². The zero-order chi connectivity index (χ0) is 28.3. The quantitative estimate of drug-likeness (QED) is 0.257. The fourth-order valence-electron chi connectivity index (χ4n) is 5.53. The number of hydrogen-bond donors (Lipinski definition) is 1. The molecule has 2 amide bonds. The van der Waals surface area contributed by atoms with Crippen LogP contribution in [0.25, 0.3) is 11.1 Å². The first-order valence-corrected chi connectivity index (χ1v) is 13.9. The first-order chi connectivity index (χ1) is 20.0. The molecule has 2 aromatic heterocycles. The number of anilines is 1. The van der Waals surface area contributed by atoms with Crippen LogP contribution in [0.1, 0.15) is 63.0 Å². The Hall–Kier alpha value is -4.97. The molecule has 204 valence electrons. The van der Waals surface area contributed by atoms with Crippen molar-refractivity contribution in [3.63, 3.8) is 0 Å². The predicted octanol–water partition coefficient (Wildman–Crippen LogP) is 6.81. The van der Waals surface area contributed by atoms with Crippen LogP contribution < -0.4 is 10.2 Å². The molecule has 6 heteroatoms. The maximum atomic E-state index is 14.0. The molecule has 6 nitrogen and oxygen atoms in total. The minimum absolute atomic E-state index is 0.0710. The monoisotopic (exact) mass is 540 g/mol. The summed E-state index contributed by atoms with van der Waals surface area (Å²) >= 11 is 0. The number of aromatic nitrogens is 2. The number of pyridine rings is 1. The number of amides is 2. The number of para-hydroxylation sites is 1. The Morgan fingerprint density at radius 1 is 0.854 bits per heavy atom. The lowest BCUT2D eigenvalue weighted by atomic mass is 9.92. The summed E-state index contributed by atoms with van der Waals surface area (Å²) in [6, 6.07) is 31.8. The molecule has 1 N–H and O–H groups in total. The average Bonchev–Trinajstić information content (AvgIpc) is 3.33. The highest BCUT2D eigenvalue weighted by Gasteiger charge is 2.27. The van der Waals surface area contributed by atoms with E-state index in [4.69, 9.17) is 0 Å². The van der Waals surface area contributed by atoms with Gasteiger partial charge in [-0.15, -0.1) is 0 Å². The second-order valence-electron chi connectivity index (χ2n) is 10.7. The molecule has 5 aromatic rings. The number of nitrogens with zero attached hydrogens (tertiary/aromatic N) is 3. The maximum Gasteiger partial charge on any atom is 0.268 e. The lowest BCUT2D eigenvalue weighted by Gasteiger charge is -2.23. The van der Waals surface area contributed by atoms with Crippen molar-refractivity contribution < 1.29 is 9.59 Å². The Bertz CT molecular complexity index is 1700. The zero-order valence-electron chi connectivity index (χ0n) is 23.2. The van der Waals surface area contributed by atoms with Crippen LogP contribution in [0.5, 0.6) is 0 Å². The third kappa shape index (κ3) is 5.29. The smallest absolute Gasteiger partial charge is 0.268 e. The molecule has 3 aromatic carbocycles. The van der Waals surface area contributed by atoms with Gasteiger partial charge in [-0.2, -0.15) is 0 Å². The summed E-state index contributed by atoms with van der Waals surface area (Å²) in [5, 5.41) is 3.00. The molecule has 1 aliphatic rings. The molecule has 1 aliphatic heterocycles. The van der Waals surface area contributed by atoms with Crippen LogP contribution in [0.15, 0.2) is 109 Å². The summed E-state index contributed by atoms with van der Waals surface area (Å²) in [6.45, 7) is 5.65. The summed E-state index contributed by atoms with van der Waals surface area (Å²) in [4.78, 5) is 33.1. The molecule has 0 spiro atoms. The minimum Gasteiger partial charge on any atom is -0.347 e. The number of nitrogens with one attached hydrogen (secondary N) is 1. The molecule has 3 heterocycles.